The van der Waals surface area contributed by atoms with E-state index in [1.165, 1.54) is 12.1 Å². The maximum atomic E-state index is 12.4. The van der Waals surface area contributed by atoms with Gasteiger partial charge >= 0.3 is 6.61 Å². The summed E-state index contributed by atoms with van der Waals surface area (Å²) in [5.74, 6) is 0.649. The van der Waals surface area contributed by atoms with E-state index in [0.717, 1.165) is 16.7 Å². The average Bonchev–Trinajstić information content (AvgIpc) is 2.71. The Morgan fingerprint density at radius 1 is 1.10 bits per heavy atom. The molecule has 0 spiro atoms. The molecule has 0 bridgehead atoms. The van der Waals surface area contributed by atoms with Crippen molar-refractivity contribution in [3.63, 3.8) is 0 Å². The fourth-order valence-corrected chi connectivity index (χ4v) is 3.09. The van der Waals surface area contributed by atoms with Gasteiger partial charge in [-0.3, -0.25) is 0 Å². The Labute approximate surface area is 177 Å². The Morgan fingerprint density at radius 2 is 1.83 bits per heavy atom. The number of alkyl halides is 2. The van der Waals surface area contributed by atoms with Crippen molar-refractivity contribution >= 4 is 17.4 Å². The normalized spacial score (nSPS) is 11.0. The van der Waals surface area contributed by atoms with E-state index in [1.54, 1.807) is 43.3 Å². The Kier molecular flexibility index (Phi) is 7.07. The van der Waals surface area contributed by atoms with Gasteiger partial charge in [0.05, 0.1) is 5.69 Å². The first-order chi connectivity index (χ1) is 14.4. The topological polar surface area (TPSA) is 74.6 Å². The summed E-state index contributed by atoms with van der Waals surface area (Å²) in [6, 6.07) is 13.0. The van der Waals surface area contributed by atoms with Crippen LogP contribution in [0.1, 0.15) is 12.0 Å². The Hall–Kier alpha value is -2.90. The molecule has 0 unspecified atom stereocenters. The molecule has 0 aliphatic carbocycles. The van der Waals surface area contributed by atoms with Gasteiger partial charge in [-0.2, -0.15) is 8.78 Å². The van der Waals surface area contributed by atoms with Crippen LogP contribution in [-0.2, 0) is 0 Å². The molecule has 158 valence electrons. The molecule has 3 aromatic rings. The van der Waals surface area contributed by atoms with Gasteiger partial charge in [0.25, 0.3) is 0 Å². The highest BCUT2D eigenvalue weighted by Crippen LogP contribution is 2.36. The number of aryl methyl sites for hydroxylation is 1. The van der Waals surface area contributed by atoms with Crippen LogP contribution in [0.15, 0.2) is 48.5 Å². The molecule has 0 saturated heterocycles. The third-order valence-electron chi connectivity index (χ3n) is 4.43. The van der Waals surface area contributed by atoms with Crippen molar-refractivity contribution in [2.75, 3.05) is 18.5 Å². The van der Waals surface area contributed by atoms with Gasteiger partial charge in [0.15, 0.2) is 0 Å². The molecule has 30 heavy (non-hydrogen) atoms. The molecule has 3 rings (SSSR count). The number of phenols is 1. The summed E-state index contributed by atoms with van der Waals surface area (Å²) in [7, 11) is 0. The van der Waals surface area contributed by atoms with Crippen LogP contribution in [0.5, 0.6) is 11.5 Å². The lowest BCUT2D eigenvalue weighted by Gasteiger charge is -2.13. The quantitative estimate of drug-likeness (QED) is 0.409. The Balaban J connectivity index is 2.03. The van der Waals surface area contributed by atoms with E-state index in [4.69, 9.17) is 16.7 Å². The van der Waals surface area contributed by atoms with Crippen molar-refractivity contribution in [3.05, 3.63) is 59.1 Å². The summed E-state index contributed by atoms with van der Waals surface area (Å²) < 4.78 is 29.2. The number of hydrogen-bond acceptors (Lipinski definition) is 5. The molecule has 0 radical (unpaired) electrons. The van der Waals surface area contributed by atoms with Crippen molar-refractivity contribution < 1.29 is 23.7 Å². The molecule has 3 N–H and O–H groups in total. The maximum absolute atomic E-state index is 12.4. The molecule has 0 atom stereocenters. The molecule has 1 aromatic heterocycles. The maximum Gasteiger partial charge on any atom is 0.387 e. The second-order valence-electron chi connectivity index (χ2n) is 6.65. The lowest BCUT2D eigenvalue weighted by Crippen LogP contribution is -2.06. The second kappa shape index (κ2) is 9.73. The number of nitrogens with one attached hydrogen (secondary N) is 1. The van der Waals surface area contributed by atoms with Crippen LogP contribution in [0.2, 0.25) is 5.02 Å². The fraction of sp³-hybridized carbons (Fsp3) is 0.227. The SMILES string of the molecule is Cc1cc(O)c(-c2cc(-c3ccc(OC(F)F)cc3)cc(NCCCO)n2)cc1Cl. The number of aromatic hydroxyl groups is 1. The van der Waals surface area contributed by atoms with Crippen LogP contribution in [0.4, 0.5) is 14.6 Å². The highest BCUT2D eigenvalue weighted by Gasteiger charge is 2.13. The number of aromatic nitrogens is 1. The molecule has 0 aliphatic rings. The summed E-state index contributed by atoms with van der Waals surface area (Å²) in [4.78, 5) is 4.55. The molecule has 8 heteroatoms. The second-order valence-corrected chi connectivity index (χ2v) is 7.06. The summed E-state index contributed by atoms with van der Waals surface area (Å²) >= 11 is 6.24. The number of benzene rings is 2. The number of pyridine rings is 1. The minimum atomic E-state index is -2.89. The van der Waals surface area contributed by atoms with Gasteiger partial charge in [-0.1, -0.05) is 23.7 Å². The zero-order valence-corrected chi connectivity index (χ0v) is 17.0. The molecule has 0 fully saturated rings. The Bertz CT molecular complexity index is 1010. The zero-order valence-electron chi connectivity index (χ0n) is 16.2. The molecular weight excluding hydrogens is 414 g/mol. The van der Waals surface area contributed by atoms with E-state index >= 15 is 0 Å². The largest absolute Gasteiger partial charge is 0.507 e. The van der Waals surface area contributed by atoms with Crippen LogP contribution in [0.3, 0.4) is 0 Å². The standard InChI is InChI=1S/C22H21ClF2N2O3/c1-13-9-20(29)17(12-18(13)23)19-10-15(11-21(27-19)26-7-2-8-28)14-3-5-16(6-4-14)30-22(24)25/h3-6,9-12,22,28-29H,2,7-8H2,1H3,(H,26,27). The van der Waals surface area contributed by atoms with Crippen molar-refractivity contribution in [2.45, 2.75) is 20.0 Å². The number of hydrogen-bond donors (Lipinski definition) is 3. The molecule has 0 aliphatic heterocycles. The van der Waals surface area contributed by atoms with E-state index in [9.17, 15) is 13.9 Å². The first-order valence-electron chi connectivity index (χ1n) is 9.29. The number of aliphatic hydroxyl groups excluding tert-OH is 1. The lowest BCUT2D eigenvalue weighted by atomic mass is 10.0. The van der Waals surface area contributed by atoms with Gasteiger partial charge in [-0.15, -0.1) is 0 Å². The first kappa shape index (κ1) is 21.8. The zero-order chi connectivity index (χ0) is 21.7. The van der Waals surface area contributed by atoms with E-state index in [-0.39, 0.29) is 18.1 Å². The number of rotatable bonds is 8. The van der Waals surface area contributed by atoms with Gasteiger partial charge in [0.1, 0.15) is 17.3 Å². The number of anilines is 1. The molecular formula is C22H21ClF2N2O3. The smallest absolute Gasteiger partial charge is 0.387 e. The number of nitrogens with zero attached hydrogens (tertiary/aromatic N) is 1. The van der Waals surface area contributed by atoms with Crippen molar-refractivity contribution in [1.29, 1.82) is 0 Å². The molecule has 5 nitrogen and oxygen atoms in total. The monoisotopic (exact) mass is 434 g/mol. The van der Waals surface area contributed by atoms with Crippen LogP contribution in [-0.4, -0.2) is 35.0 Å². The van der Waals surface area contributed by atoms with E-state index in [1.807, 2.05) is 0 Å². The number of aliphatic hydroxyl groups is 1. The summed E-state index contributed by atoms with van der Waals surface area (Å²) in [6.45, 7) is -0.547. The van der Waals surface area contributed by atoms with Crippen LogP contribution < -0.4 is 10.1 Å². The molecule has 0 amide bonds. The van der Waals surface area contributed by atoms with E-state index in [0.29, 0.717) is 35.1 Å². The third kappa shape index (κ3) is 5.37. The number of ether oxygens (including phenoxy) is 1. The van der Waals surface area contributed by atoms with Crippen LogP contribution in [0.25, 0.3) is 22.4 Å². The minimum Gasteiger partial charge on any atom is -0.507 e. The first-order valence-corrected chi connectivity index (χ1v) is 9.66. The summed E-state index contributed by atoms with van der Waals surface area (Å²) in [5, 5.41) is 23.1. The highest BCUT2D eigenvalue weighted by atomic mass is 35.5. The number of halogens is 3. The summed E-state index contributed by atoms with van der Waals surface area (Å²) in [6.07, 6.45) is 0.544. The molecule has 0 saturated carbocycles. The van der Waals surface area contributed by atoms with Gasteiger partial charge < -0.3 is 20.3 Å². The van der Waals surface area contributed by atoms with E-state index < -0.39 is 6.61 Å². The highest BCUT2D eigenvalue weighted by molar-refractivity contribution is 6.31. The van der Waals surface area contributed by atoms with Crippen molar-refractivity contribution in [1.82, 2.24) is 4.98 Å². The average molecular weight is 435 g/mol. The van der Waals surface area contributed by atoms with Crippen molar-refractivity contribution in [2.24, 2.45) is 0 Å². The summed E-state index contributed by atoms with van der Waals surface area (Å²) in [5.41, 5.74) is 3.21. The Morgan fingerprint density at radius 3 is 2.50 bits per heavy atom. The molecule has 1 heterocycles. The van der Waals surface area contributed by atoms with Gasteiger partial charge in [-0.25, -0.2) is 4.98 Å². The van der Waals surface area contributed by atoms with E-state index in [2.05, 4.69) is 15.0 Å². The van der Waals surface area contributed by atoms with Gasteiger partial charge in [0.2, 0.25) is 0 Å². The van der Waals surface area contributed by atoms with Gasteiger partial charge in [-0.05, 0) is 66.4 Å². The minimum absolute atomic E-state index is 0.0412. The van der Waals surface area contributed by atoms with Crippen LogP contribution >= 0.6 is 11.6 Å². The third-order valence-corrected chi connectivity index (χ3v) is 4.84. The predicted molar refractivity (Wildman–Crippen MR) is 113 cm³/mol. The van der Waals surface area contributed by atoms with Crippen LogP contribution in [0, 0.1) is 6.92 Å². The van der Waals surface area contributed by atoms with Gasteiger partial charge in [0, 0.05) is 23.7 Å². The molecule has 2 aromatic carbocycles. The number of phenolic OH excluding ortho intramolecular Hbond substituents is 1. The lowest BCUT2D eigenvalue weighted by molar-refractivity contribution is -0.0498. The predicted octanol–water partition coefficient (Wildman–Crippen LogP) is 5.48. The van der Waals surface area contributed by atoms with Crippen molar-refractivity contribution in [3.8, 4) is 33.9 Å². The fourth-order valence-electron chi connectivity index (χ4n) is 2.92.